The Bertz CT molecular complexity index is 297. The first-order chi connectivity index (χ1) is 6.07. The van der Waals surface area contributed by atoms with Gasteiger partial charge in [-0.1, -0.05) is 0 Å². The lowest BCUT2D eigenvalue weighted by molar-refractivity contribution is 0.581. The molecule has 1 unspecified atom stereocenters. The third-order valence-electron chi connectivity index (χ3n) is 1.61. The lowest BCUT2D eigenvalue weighted by Gasteiger charge is -1.99. The highest BCUT2D eigenvalue weighted by molar-refractivity contribution is 7.90. The van der Waals surface area contributed by atoms with E-state index >= 15 is 0 Å². The minimum atomic E-state index is -1.21. The Hall–Kier alpha value is -0.920. The van der Waals surface area contributed by atoms with Crippen LogP contribution in [0.3, 0.4) is 0 Å². The Morgan fingerprint density at radius 1 is 1.54 bits per heavy atom. The molecule has 7 heteroatoms. The van der Waals surface area contributed by atoms with E-state index in [-0.39, 0.29) is 5.69 Å². The first kappa shape index (κ1) is 10.2. The zero-order chi connectivity index (χ0) is 10.0. The maximum absolute atomic E-state index is 11.1. The molecule has 0 aliphatic carbocycles. The van der Waals surface area contributed by atoms with Crippen molar-refractivity contribution in [1.82, 2.24) is 9.78 Å². The van der Waals surface area contributed by atoms with Gasteiger partial charge in [0, 0.05) is 17.7 Å². The summed E-state index contributed by atoms with van der Waals surface area (Å²) in [5.74, 6) is 0.329. The van der Waals surface area contributed by atoms with Crippen molar-refractivity contribution >= 4 is 22.7 Å². The predicted octanol–water partition coefficient (Wildman–Crippen LogP) is -1.26. The molecule has 0 saturated heterocycles. The molecule has 1 aromatic rings. The smallest absolute Gasteiger partial charge is 0.288 e. The monoisotopic (exact) mass is 203 g/mol. The fourth-order valence-electron chi connectivity index (χ4n) is 0.971. The van der Waals surface area contributed by atoms with Crippen LogP contribution in [0.2, 0.25) is 0 Å². The average molecular weight is 203 g/mol. The molecule has 0 aromatic carbocycles. The highest BCUT2D eigenvalue weighted by Gasteiger charge is 2.19. The standard InChI is InChI=1S/C6H13N5OS/c1-13(12)6-4(8)5(9)11(10-6)3-2-7/h2-3,7-9H2,1H3. The summed E-state index contributed by atoms with van der Waals surface area (Å²) in [6.45, 7) is 0.897. The number of aromatic nitrogens is 2. The minimum Gasteiger partial charge on any atom is -0.610 e. The Labute approximate surface area is 79.2 Å². The third kappa shape index (κ3) is 1.87. The molecule has 6 N–H and O–H groups in total. The van der Waals surface area contributed by atoms with Gasteiger partial charge in [0.2, 0.25) is 0 Å². The molecule has 0 radical (unpaired) electrons. The van der Waals surface area contributed by atoms with Gasteiger partial charge >= 0.3 is 0 Å². The van der Waals surface area contributed by atoms with Crippen LogP contribution in [0.4, 0.5) is 11.5 Å². The van der Waals surface area contributed by atoms with E-state index in [9.17, 15) is 4.55 Å². The van der Waals surface area contributed by atoms with Gasteiger partial charge in [-0.25, -0.2) is 4.68 Å². The van der Waals surface area contributed by atoms with Crippen molar-refractivity contribution < 1.29 is 4.55 Å². The number of nitrogens with zero attached hydrogens (tertiary/aromatic N) is 2. The van der Waals surface area contributed by atoms with Crippen LogP contribution in [-0.4, -0.2) is 27.1 Å². The summed E-state index contributed by atoms with van der Waals surface area (Å²) in [4.78, 5) is 0. The second-order valence-corrected chi connectivity index (χ2v) is 3.86. The summed E-state index contributed by atoms with van der Waals surface area (Å²) in [5, 5.41) is 4.31. The maximum Gasteiger partial charge on any atom is 0.288 e. The number of rotatable bonds is 3. The molecule has 1 heterocycles. The first-order valence-corrected chi connectivity index (χ1v) is 5.29. The molecular formula is C6H13N5OS. The zero-order valence-electron chi connectivity index (χ0n) is 7.36. The molecule has 0 saturated carbocycles. The van der Waals surface area contributed by atoms with Gasteiger partial charge < -0.3 is 21.8 Å². The molecule has 0 amide bonds. The lowest BCUT2D eigenvalue weighted by Crippen LogP contribution is -2.13. The van der Waals surface area contributed by atoms with E-state index in [2.05, 4.69) is 5.10 Å². The van der Waals surface area contributed by atoms with Gasteiger partial charge in [-0.15, -0.1) is 5.10 Å². The number of nitrogens with two attached hydrogens (primary N) is 3. The fraction of sp³-hybridized carbons (Fsp3) is 0.500. The van der Waals surface area contributed by atoms with E-state index in [0.717, 1.165) is 0 Å². The summed E-state index contributed by atoms with van der Waals surface area (Å²) < 4.78 is 12.6. The maximum atomic E-state index is 11.1. The topological polar surface area (TPSA) is 119 Å². The highest BCUT2D eigenvalue weighted by atomic mass is 32.2. The summed E-state index contributed by atoms with van der Waals surface area (Å²) in [5.41, 5.74) is 16.8. The van der Waals surface area contributed by atoms with Crippen LogP contribution in [0.5, 0.6) is 0 Å². The van der Waals surface area contributed by atoms with Crippen molar-refractivity contribution in [3.63, 3.8) is 0 Å². The molecule has 0 fully saturated rings. The first-order valence-electron chi connectivity index (χ1n) is 3.73. The van der Waals surface area contributed by atoms with Crippen LogP contribution in [0, 0.1) is 0 Å². The van der Waals surface area contributed by atoms with Crippen LogP contribution in [0.1, 0.15) is 0 Å². The normalized spacial score (nSPS) is 13.2. The third-order valence-corrected chi connectivity index (χ3v) is 2.46. The van der Waals surface area contributed by atoms with E-state index in [0.29, 0.717) is 23.9 Å². The second kappa shape index (κ2) is 3.86. The lowest BCUT2D eigenvalue weighted by atomic mass is 10.5. The van der Waals surface area contributed by atoms with Gasteiger partial charge in [-0.05, 0) is 0 Å². The highest BCUT2D eigenvalue weighted by Crippen LogP contribution is 2.23. The Kier molecular flexibility index (Phi) is 3.02. The predicted molar refractivity (Wildman–Crippen MR) is 52.4 cm³/mol. The zero-order valence-corrected chi connectivity index (χ0v) is 8.17. The Balaban J connectivity index is 3.05. The average Bonchev–Trinajstić information content (AvgIpc) is 2.33. The van der Waals surface area contributed by atoms with E-state index in [1.807, 2.05) is 0 Å². The molecule has 1 atom stereocenters. The van der Waals surface area contributed by atoms with Crippen LogP contribution in [0.15, 0.2) is 5.03 Å². The van der Waals surface area contributed by atoms with Crippen molar-refractivity contribution in [2.24, 2.45) is 5.73 Å². The quantitative estimate of drug-likeness (QED) is 0.530. The van der Waals surface area contributed by atoms with Gasteiger partial charge in [0.05, 0.1) is 6.54 Å². The van der Waals surface area contributed by atoms with Gasteiger partial charge in [0.25, 0.3) is 5.03 Å². The van der Waals surface area contributed by atoms with E-state index in [1.54, 1.807) is 0 Å². The van der Waals surface area contributed by atoms with Crippen molar-refractivity contribution in [2.75, 3.05) is 24.3 Å². The largest absolute Gasteiger partial charge is 0.610 e. The SMILES string of the molecule is C[S+]([O-])c1nn(CCN)c(N)c1N. The number of nitrogen functional groups attached to an aromatic ring is 2. The van der Waals surface area contributed by atoms with Crippen LogP contribution < -0.4 is 17.2 Å². The fourth-order valence-corrected chi connectivity index (χ4v) is 1.60. The molecule has 74 valence electrons. The van der Waals surface area contributed by atoms with Gasteiger partial charge in [-0.3, -0.25) is 0 Å². The molecule has 6 nitrogen and oxygen atoms in total. The number of anilines is 2. The molecule has 13 heavy (non-hydrogen) atoms. The van der Waals surface area contributed by atoms with E-state index < -0.39 is 11.2 Å². The van der Waals surface area contributed by atoms with Crippen molar-refractivity contribution in [2.45, 2.75) is 11.6 Å². The van der Waals surface area contributed by atoms with Gasteiger partial charge in [0.1, 0.15) is 6.26 Å². The summed E-state index contributed by atoms with van der Waals surface area (Å²) in [6, 6.07) is 0. The number of hydrogen-bond acceptors (Lipinski definition) is 5. The van der Waals surface area contributed by atoms with Crippen LogP contribution >= 0.6 is 0 Å². The van der Waals surface area contributed by atoms with Crippen molar-refractivity contribution in [3.8, 4) is 0 Å². The van der Waals surface area contributed by atoms with Crippen molar-refractivity contribution in [3.05, 3.63) is 0 Å². The molecule has 0 aliphatic heterocycles. The second-order valence-electron chi connectivity index (χ2n) is 2.57. The number of hydrogen-bond donors (Lipinski definition) is 3. The molecule has 0 bridgehead atoms. The van der Waals surface area contributed by atoms with E-state index in [4.69, 9.17) is 17.2 Å². The van der Waals surface area contributed by atoms with Crippen LogP contribution in [-0.2, 0) is 17.7 Å². The Morgan fingerprint density at radius 2 is 2.15 bits per heavy atom. The summed E-state index contributed by atoms with van der Waals surface area (Å²) >= 11 is -1.21. The summed E-state index contributed by atoms with van der Waals surface area (Å²) in [6.07, 6.45) is 1.50. The van der Waals surface area contributed by atoms with Gasteiger partial charge in [0.15, 0.2) is 11.5 Å². The Morgan fingerprint density at radius 3 is 2.54 bits per heavy atom. The molecule has 1 aromatic heterocycles. The van der Waals surface area contributed by atoms with Gasteiger partial charge in [-0.2, -0.15) is 0 Å². The van der Waals surface area contributed by atoms with E-state index in [1.165, 1.54) is 10.9 Å². The molecule has 1 rings (SSSR count). The van der Waals surface area contributed by atoms with Crippen LogP contribution in [0.25, 0.3) is 0 Å². The minimum absolute atomic E-state index is 0.286. The molecular weight excluding hydrogens is 190 g/mol. The molecule has 0 aliphatic rings. The molecule has 0 spiro atoms. The summed E-state index contributed by atoms with van der Waals surface area (Å²) in [7, 11) is 0. The van der Waals surface area contributed by atoms with Crippen molar-refractivity contribution in [1.29, 1.82) is 0 Å².